The normalized spacial score (nSPS) is 9.75. The fraction of sp³-hybridized carbons (Fsp3) is 0.333. The lowest BCUT2D eigenvalue weighted by molar-refractivity contribution is -0.144. The van der Waals surface area contributed by atoms with Gasteiger partial charge in [-0.1, -0.05) is 0 Å². The van der Waals surface area contributed by atoms with Crippen molar-refractivity contribution < 1.29 is 23.9 Å². The van der Waals surface area contributed by atoms with Crippen LogP contribution in [0, 0.1) is 0 Å². The summed E-state index contributed by atoms with van der Waals surface area (Å²) >= 11 is 3.14. The minimum absolute atomic E-state index is 0.291. The number of halogens is 1. The van der Waals surface area contributed by atoms with E-state index in [-0.39, 0.29) is 13.1 Å². The highest BCUT2D eigenvalue weighted by Crippen LogP contribution is 2.11. The van der Waals surface area contributed by atoms with E-state index in [9.17, 15) is 14.4 Å². The predicted octanol–water partition coefficient (Wildman–Crippen LogP) is 0.632. The second-order valence-electron chi connectivity index (χ2n) is 3.68. The van der Waals surface area contributed by atoms with Gasteiger partial charge in [0, 0.05) is 11.8 Å². The number of carbonyl (C=O) groups is 3. The van der Waals surface area contributed by atoms with E-state index in [4.69, 9.17) is 0 Å². The fourth-order valence-corrected chi connectivity index (χ4v) is 1.72. The molecule has 0 fully saturated rings. The van der Waals surface area contributed by atoms with Crippen LogP contribution < -0.4 is 0 Å². The molecule has 1 aromatic heterocycles. The molecular formula is C12H13BrN2O5. The third-order valence-electron chi connectivity index (χ3n) is 2.36. The molecule has 1 aromatic rings. The fourth-order valence-electron chi connectivity index (χ4n) is 1.36. The Morgan fingerprint density at radius 1 is 1.20 bits per heavy atom. The lowest BCUT2D eigenvalue weighted by atomic mass is 10.2. The average molecular weight is 345 g/mol. The maximum atomic E-state index is 12.3. The van der Waals surface area contributed by atoms with Gasteiger partial charge < -0.3 is 14.4 Å². The SMILES string of the molecule is COC(=O)CN(CC(=O)OC)C(=O)c1ccnc(Br)c1. The molecule has 0 radical (unpaired) electrons. The molecule has 0 aliphatic carbocycles. The Bertz CT molecular complexity index is 502. The monoisotopic (exact) mass is 344 g/mol. The van der Waals surface area contributed by atoms with Crippen LogP contribution in [0.1, 0.15) is 10.4 Å². The minimum atomic E-state index is -0.629. The summed E-state index contributed by atoms with van der Waals surface area (Å²) in [5.41, 5.74) is 0.291. The Labute approximate surface area is 124 Å². The standard InChI is InChI=1S/C12H13BrN2O5/c1-19-10(16)6-15(7-11(17)20-2)12(18)8-3-4-14-9(13)5-8/h3-5H,6-7H2,1-2H3. The van der Waals surface area contributed by atoms with Gasteiger partial charge in [-0.2, -0.15) is 0 Å². The maximum Gasteiger partial charge on any atom is 0.325 e. The lowest BCUT2D eigenvalue weighted by Gasteiger charge is -2.20. The molecule has 0 spiro atoms. The van der Waals surface area contributed by atoms with Crippen molar-refractivity contribution in [2.24, 2.45) is 0 Å². The Morgan fingerprint density at radius 2 is 1.75 bits per heavy atom. The van der Waals surface area contributed by atoms with Crippen molar-refractivity contribution in [2.75, 3.05) is 27.3 Å². The number of nitrogens with zero attached hydrogens (tertiary/aromatic N) is 2. The number of methoxy groups -OCH3 is 2. The first-order valence-corrected chi connectivity index (χ1v) is 6.31. The molecule has 1 rings (SSSR count). The van der Waals surface area contributed by atoms with E-state index in [0.717, 1.165) is 4.90 Å². The summed E-state index contributed by atoms with van der Waals surface area (Å²) in [6.45, 7) is -0.686. The van der Waals surface area contributed by atoms with Gasteiger partial charge in [-0.3, -0.25) is 14.4 Å². The Hall–Kier alpha value is -1.96. The van der Waals surface area contributed by atoms with E-state index < -0.39 is 17.8 Å². The lowest BCUT2D eigenvalue weighted by Crippen LogP contribution is -2.40. The molecule has 0 saturated heterocycles. The number of ether oxygens (including phenoxy) is 2. The molecule has 1 heterocycles. The van der Waals surface area contributed by atoms with Gasteiger partial charge in [-0.25, -0.2) is 4.98 Å². The zero-order valence-electron chi connectivity index (χ0n) is 11.0. The van der Waals surface area contributed by atoms with Crippen molar-refractivity contribution in [1.82, 2.24) is 9.88 Å². The predicted molar refractivity (Wildman–Crippen MR) is 71.9 cm³/mol. The van der Waals surface area contributed by atoms with Crippen LogP contribution in [0.4, 0.5) is 0 Å². The van der Waals surface area contributed by atoms with Crippen LogP contribution in [-0.2, 0) is 19.1 Å². The largest absolute Gasteiger partial charge is 0.468 e. The summed E-state index contributed by atoms with van der Waals surface area (Å²) in [7, 11) is 2.40. The quantitative estimate of drug-likeness (QED) is 0.575. The van der Waals surface area contributed by atoms with E-state index in [1.54, 1.807) is 0 Å². The van der Waals surface area contributed by atoms with Crippen molar-refractivity contribution in [2.45, 2.75) is 0 Å². The number of carbonyl (C=O) groups excluding carboxylic acids is 3. The molecule has 0 saturated carbocycles. The number of hydrogen-bond donors (Lipinski definition) is 0. The van der Waals surface area contributed by atoms with E-state index in [1.807, 2.05) is 0 Å². The Morgan fingerprint density at radius 3 is 2.20 bits per heavy atom. The van der Waals surface area contributed by atoms with E-state index in [1.165, 1.54) is 32.5 Å². The van der Waals surface area contributed by atoms with Crippen LogP contribution >= 0.6 is 15.9 Å². The molecule has 0 atom stereocenters. The topological polar surface area (TPSA) is 85.8 Å². The molecule has 0 aromatic carbocycles. The third kappa shape index (κ3) is 4.61. The maximum absolute atomic E-state index is 12.3. The van der Waals surface area contributed by atoms with Crippen LogP contribution in [0.5, 0.6) is 0 Å². The Balaban J connectivity index is 2.93. The molecule has 0 N–H and O–H groups in total. The number of pyridine rings is 1. The average Bonchev–Trinajstić information content (AvgIpc) is 2.45. The second-order valence-corrected chi connectivity index (χ2v) is 4.49. The van der Waals surface area contributed by atoms with Crippen molar-refractivity contribution in [3.8, 4) is 0 Å². The summed E-state index contributed by atoms with van der Waals surface area (Å²) in [6.07, 6.45) is 1.44. The summed E-state index contributed by atoms with van der Waals surface area (Å²) in [6, 6.07) is 2.97. The number of hydrogen-bond acceptors (Lipinski definition) is 6. The van der Waals surface area contributed by atoms with Gasteiger partial charge in [-0.05, 0) is 28.1 Å². The van der Waals surface area contributed by atoms with Gasteiger partial charge in [0.15, 0.2) is 0 Å². The molecular weight excluding hydrogens is 332 g/mol. The van der Waals surface area contributed by atoms with Gasteiger partial charge in [-0.15, -0.1) is 0 Å². The van der Waals surface area contributed by atoms with Crippen LogP contribution in [0.15, 0.2) is 22.9 Å². The van der Waals surface area contributed by atoms with Gasteiger partial charge in [0.25, 0.3) is 5.91 Å². The molecule has 108 valence electrons. The van der Waals surface area contributed by atoms with Crippen LogP contribution in [0.2, 0.25) is 0 Å². The van der Waals surface area contributed by atoms with Crippen molar-refractivity contribution in [1.29, 1.82) is 0 Å². The molecule has 20 heavy (non-hydrogen) atoms. The highest BCUT2D eigenvalue weighted by molar-refractivity contribution is 9.10. The van der Waals surface area contributed by atoms with Crippen molar-refractivity contribution in [3.63, 3.8) is 0 Å². The number of rotatable bonds is 5. The summed E-state index contributed by atoms with van der Waals surface area (Å²) < 4.78 is 9.47. The van der Waals surface area contributed by atoms with Crippen LogP contribution in [0.3, 0.4) is 0 Å². The molecule has 0 aliphatic rings. The summed E-state index contributed by atoms with van der Waals surface area (Å²) in [5.74, 6) is -1.75. The smallest absolute Gasteiger partial charge is 0.325 e. The van der Waals surface area contributed by atoms with E-state index in [2.05, 4.69) is 30.4 Å². The van der Waals surface area contributed by atoms with Crippen molar-refractivity contribution in [3.05, 3.63) is 28.5 Å². The molecule has 1 amide bonds. The van der Waals surface area contributed by atoms with Crippen LogP contribution in [-0.4, -0.2) is 55.0 Å². The molecule has 0 unspecified atom stereocenters. The minimum Gasteiger partial charge on any atom is -0.468 e. The molecule has 0 bridgehead atoms. The molecule has 0 aliphatic heterocycles. The highest BCUT2D eigenvalue weighted by atomic mass is 79.9. The zero-order chi connectivity index (χ0) is 15.1. The van der Waals surface area contributed by atoms with E-state index in [0.29, 0.717) is 10.2 Å². The molecule has 7 nitrogen and oxygen atoms in total. The van der Waals surface area contributed by atoms with Gasteiger partial charge in [0.05, 0.1) is 14.2 Å². The molecule has 8 heteroatoms. The Kier molecular flexibility index (Phi) is 6.10. The van der Waals surface area contributed by atoms with Gasteiger partial charge in [0.2, 0.25) is 0 Å². The highest BCUT2D eigenvalue weighted by Gasteiger charge is 2.22. The van der Waals surface area contributed by atoms with Gasteiger partial charge >= 0.3 is 11.9 Å². The number of esters is 2. The summed E-state index contributed by atoms with van der Waals surface area (Å²) in [5, 5.41) is 0. The van der Waals surface area contributed by atoms with Gasteiger partial charge in [0.1, 0.15) is 17.7 Å². The number of aromatic nitrogens is 1. The number of amides is 1. The zero-order valence-corrected chi connectivity index (χ0v) is 12.5. The second kappa shape index (κ2) is 7.59. The first-order chi connectivity index (χ1) is 9.47. The van der Waals surface area contributed by atoms with Crippen molar-refractivity contribution >= 4 is 33.8 Å². The third-order valence-corrected chi connectivity index (χ3v) is 2.79. The first kappa shape index (κ1) is 16.1. The van der Waals surface area contributed by atoms with E-state index >= 15 is 0 Å². The van der Waals surface area contributed by atoms with Crippen LogP contribution in [0.25, 0.3) is 0 Å². The summed E-state index contributed by atoms with van der Waals surface area (Å²) in [4.78, 5) is 39.8. The first-order valence-electron chi connectivity index (χ1n) is 5.52.